The van der Waals surface area contributed by atoms with Gasteiger partial charge in [-0.15, -0.1) is 0 Å². The third-order valence-corrected chi connectivity index (χ3v) is 7.81. The molecule has 0 amide bonds. The lowest BCUT2D eigenvalue weighted by Gasteiger charge is -2.54. The van der Waals surface area contributed by atoms with Crippen molar-refractivity contribution in [2.75, 3.05) is 6.61 Å². The van der Waals surface area contributed by atoms with Crippen molar-refractivity contribution in [2.24, 2.45) is 23.7 Å². The lowest BCUT2D eigenvalue weighted by Crippen LogP contribution is -2.54. The van der Waals surface area contributed by atoms with E-state index in [1.807, 2.05) is 37.3 Å². The summed E-state index contributed by atoms with van der Waals surface area (Å²) in [6, 6.07) is 14.7. The average molecular weight is 426 g/mol. The van der Waals surface area contributed by atoms with Crippen molar-refractivity contribution in [1.29, 1.82) is 0 Å². The van der Waals surface area contributed by atoms with Crippen LogP contribution >= 0.6 is 11.6 Å². The van der Waals surface area contributed by atoms with E-state index in [2.05, 4.69) is 17.4 Å². The molecule has 0 aromatic heterocycles. The first-order valence-corrected chi connectivity index (χ1v) is 11.9. The Morgan fingerprint density at radius 1 is 0.867 bits per heavy atom. The van der Waals surface area contributed by atoms with E-state index in [-0.39, 0.29) is 0 Å². The van der Waals surface area contributed by atoms with Crippen molar-refractivity contribution in [3.05, 3.63) is 58.6 Å². The van der Waals surface area contributed by atoms with Crippen LogP contribution in [0.4, 0.5) is 0 Å². The van der Waals surface area contributed by atoms with Crippen molar-refractivity contribution < 1.29 is 9.47 Å². The highest BCUT2D eigenvalue weighted by Crippen LogP contribution is 2.53. The van der Waals surface area contributed by atoms with Gasteiger partial charge in [0.05, 0.1) is 6.61 Å². The van der Waals surface area contributed by atoms with Gasteiger partial charge in [0.15, 0.2) is 11.5 Å². The Labute approximate surface area is 185 Å². The molecular weight excluding hydrogens is 394 g/mol. The van der Waals surface area contributed by atoms with Crippen LogP contribution in [0.25, 0.3) is 0 Å². The standard InChI is InChI=1S/C26H32ClNO2/c1-2-29-24-9-5-7-19(26(24)30-16-20-6-3-4-8-23(20)27)15-28-25-21-11-17-10-18(13-21)14-22(25)12-17/h3-9,17-18,21-22,25,28H,2,10-16H2,1H3. The second-order valence-electron chi connectivity index (χ2n) is 9.39. The SMILES string of the molecule is CCOc1cccc(CNC2C3CC4CC(C3)CC2C4)c1OCc1ccccc1Cl. The fourth-order valence-electron chi connectivity index (χ4n) is 6.39. The zero-order valence-electron chi connectivity index (χ0n) is 17.8. The zero-order chi connectivity index (χ0) is 20.5. The predicted octanol–water partition coefficient (Wildman–Crippen LogP) is 6.23. The Kier molecular flexibility index (Phi) is 5.93. The van der Waals surface area contributed by atoms with Gasteiger partial charge in [0.2, 0.25) is 0 Å². The van der Waals surface area contributed by atoms with E-state index in [1.54, 1.807) is 0 Å². The summed E-state index contributed by atoms with van der Waals surface area (Å²) in [5, 5.41) is 4.67. The first-order chi connectivity index (χ1) is 14.7. The normalized spacial score (nSPS) is 29.2. The van der Waals surface area contributed by atoms with Crippen LogP contribution in [0.5, 0.6) is 11.5 Å². The maximum absolute atomic E-state index is 6.34. The smallest absolute Gasteiger partial charge is 0.166 e. The molecule has 0 radical (unpaired) electrons. The van der Waals surface area contributed by atoms with Gasteiger partial charge in [0.1, 0.15) is 6.61 Å². The van der Waals surface area contributed by atoms with Gasteiger partial charge in [0, 0.05) is 28.7 Å². The van der Waals surface area contributed by atoms with Crippen molar-refractivity contribution in [1.82, 2.24) is 5.32 Å². The molecule has 4 saturated carbocycles. The lowest BCUT2D eigenvalue weighted by molar-refractivity contribution is -0.0143. The highest BCUT2D eigenvalue weighted by molar-refractivity contribution is 6.31. The van der Waals surface area contributed by atoms with Crippen LogP contribution in [0.3, 0.4) is 0 Å². The predicted molar refractivity (Wildman–Crippen MR) is 121 cm³/mol. The molecule has 4 bridgehead atoms. The number of hydrogen-bond donors (Lipinski definition) is 1. The van der Waals surface area contributed by atoms with Crippen LogP contribution in [-0.2, 0) is 13.2 Å². The second-order valence-corrected chi connectivity index (χ2v) is 9.80. The maximum Gasteiger partial charge on any atom is 0.166 e. The van der Waals surface area contributed by atoms with E-state index in [0.717, 1.165) is 52.3 Å². The Morgan fingerprint density at radius 3 is 2.27 bits per heavy atom. The first kappa shape index (κ1) is 20.2. The molecule has 0 heterocycles. The van der Waals surface area contributed by atoms with E-state index in [0.29, 0.717) is 19.3 Å². The molecule has 3 nitrogen and oxygen atoms in total. The molecular formula is C26H32ClNO2. The van der Waals surface area contributed by atoms with E-state index in [9.17, 15) is 0 Å². The molecule has 2 aromatic carbocycles. The van der Waals surface area contributed by atoms with Gasteiger partial charge < -0.3 is 14.8 Å². The van der Waals surface area contributed by atoms with Crippen molar-refractivity contribution in [2.45, 2.75) is 58.2 Å². The summed E-state index contributed by atoms with van der Waals surface area (Å²) in [5.41, 5.74) is 2.16. The average Bonchev–Trinajstić information content (AvgIpc) is 2.73. The summed E-state index contributed by atoms with van der Waals surface area (Å²) in [7, 11) is 0. The molecule has 4 aliphatic carbocycles. The number of benzene rings is 2. The maximum atomic E-state index is 6.34. The first-order valence-electron chi connectivity index (χ1n) is 11.6. The van der Waals surface area contributed by atoms with Crippen molar-refractivity contribution in [3.8, 4) is 11.5 Å². The fraction of sp³-hybridized carbons (Fsp3) is 0.538. The van der Waals surface area contributed by atoms with Gasteiger partial charge in [0.25, 0.3) is 0 Å². The molecule has 4 aliphatic rings. The van der Waals surface area contributed by atoms with Gasteiger partial charge in [-0.05, 0) is 74.8 Å². The Morgan fingerprint density at radius 2 is 1.57 bits per heavy atom. The molecule has 2 aromatic rings. The monoisotopic (exact) mass is 425 g/mol. The quantitative estimate of drug-likeness (QED) is 0.543. The molecule has 0 aliphatic heterocycles. The Balaban J connectivity index is 1.31. The summed E-state index contributed by atoms with van der Waals surface area (Å²) in [6.45, 7) is 3.90. The van der Waals surface area contributed by atoms with Crippen LogP contribution < -0.4 is 14.8 Å². The molecule has 160 valence electrons. The molecule has 6 rings (SSSR count). The van der Waals surface area contributed by atoms with Gasteiger partial charge in [-0.1, -0.05) is 41.9 Å². The molecule has 0 saturated heterocycles. The summed E-state index contributed by atoms with van der Waals surface area (Å²) < 4.78 is 12.2. The largest absolute Gasteiger partial charge is 0.490 e. The molecule has 0 spiro atoms. The third kappa shape index (κ3) is 4.07. The van der Waals surface area contributed by atoms with Crippen LogP contribution in [-0.4, -0.2) is 12.6 Å². The molecule has 30 heavy (non-hydrogen) atoms. The minimum Gasteiger partial charge on any atom is -0.490 e. The number of halogens is 1. The van der Waals surface area contributed by atoms with E-state index in [4.69, 9.17) is 21.1 Å². The summed E-state index contributed by atoms with van der Waals surface area (Å²) in [4.78, 5) is 0. The van der Waals surface area contributed by atoms with Crippen LogP contribution in [0, 0.1) is 23.7 Å². The van der Waals surface area contributed by atoms with Crippen LogP contribution in [0.1, 0.15) is 50.2 Å². The Hall–Kier alpha value is -1.71. The van der Waals surface area contributed by atoms with Gasteiger partial charge in [-0.3, -0.25) is 0 Å². The number of rotatable bonds is 8. The number of nitrogens with one attached hydrogen (secondary N) is 1. The number of ether oxygens (including phenoxy) is 2. The summed E-state index contributed by atoms with van der Waals surface area (Å²) >= 11 is 6.34. The van der Waals surface area contributed by atoms with E-state index < -0.39 is 0 Å². The van der Waals surface area contributed by atoms with E-state index >= 15 is 0 Å². The molecule has 4 fully saturated rings. The molecule has 0 unspecified atom stereocenters. The number of para-hydroxylation sites is 1. The van der Waals surface area contributed by atoms with Crippen molar-refractivity contribution in [3.63, 3.8) is 0 Å². The zero-order valence-corrected chi connectivity index (χ0v) is 18.5. The van der Waals surface area contributed by atoms with Gasteiger partial charge >= 0.3 is 0 Å². The van der Waals surface area contributed by atoms with Crippen LogP contribution in [0.15, 0.2) is 42.5 Å². The summed E-state index contributed by atoms with van der Waals surface area (Å²) in [6.07, 6.45) is 7.22. The fourth-order valence-corrected chi connectivity index (χ4v) is 6.58. The topological polar surface area (TPSA) is 30.5 Å². The molecule has 0 atom stereocenters. The van der Waals surface area contributed by atoms with Gasteiger partial charge in [-0.2, -0.15) is 0 Å². The summed E-state index contributed by atoms with van der Waals surface area (Å²) in [5.74, 6) is 5.39. The van der Waals surface area contributed by atoms with E-state index in [1.165, 1.54) is 37.7 Å². The highest BCUT2D eigenvalue weighted by Gasteiger charge is 2.47. The van der Waals surface area contributed by atoms with Gasteiger partial charge in [-0.25, -0.2) is 0 Å². The Bertz CT molecular complexity index is 855. The van der Waals surface area contributed by atoms with Crippen LogP contribution in [0.2, 0.25) is 5.02 Å². The highest BCUT2D eigenvalue weighted by atomic mass is 35.5. The van der Waals surface area contributed by atoms with Crippen molar-refractivity contribution >= 4 is 11.6 Å². The number of hydrogen-bond acceptors (Lipinski definition) is 3. The lowest BCUT2D eigenvalue weighted by atomic mass is 9.54. The second kappa shape index (κ2) is 8.80. The molecule has 1 N–H and O–H groups in total. The molecule has 4 heteroatoms. The third-order valence-electron chi connectivity index (χ3n) is 7.45. The minimum atomic E-state index is 0.439. The minimum absolute atomic E-state index is 0.439.